The van der Waals surface area contributed by atoms with Crippen LogP contribution in [-0.2, 0) is 16.3 Å². The van der Waals surface area contributed by atoms with Crippen molar-refractivity contribution in [2.75, 3.05) is 24.9 Å². The molecule has 4 rings (SSSR count). The molecule has 0 radical (unpaired) electrons. The average molecular weight is 449 g/mol. The van der Waals surface area contributed by atoms with Crippen molar-refractivity contribution >= 4 is 42.9 Å². The number of rotatable bonds is 2. The lowest BCUT2D eigenvalue weighted by molar-refractivity contribution is 0.0732. The summed E-state index contributed by atoms with van der Waals surface area (Å²) < 4.78 is 26.3. The Kier molecular flexibility index (Phi) is 4.23. The molecule has 2 aromatic heterocycles. The molecule has 1 aromatic carbocycles. The number of hydrogen-bond acceptors (Lipinski definition) is 5. The molecular weight excluding hydrogens is 432 g/mol. The molecule has 1 aliphatic rings. The highest BCUT2D eigenvalue weighted by Crippen LogP contribution is 2.30. The Bertz CT molecular complexity index is 1170. The Morgan fingerprint density at radius 3 is 2.70 bits per heavy atom. The fourth-order valence-electron chi connectivity index (χ4n) is 3.23. The van der Waals surface area contributed by atoms with Gasteiger partial charge in [-0.15, -0.1) is 0 Å². The first kappa shape index (κ1) is 18.0. The highest BCUT2D eigenvalue weighted by Gasteiger charge is 2.28. The third-order valence-electron chi connectivity index (χ3n) is 4.67. The Hall–Kier alpha value is -2.39. The van der Waals surface area contributed by atoms with E-state index in [1.165, 1.54) is 6.26 Å². The molecular formula is C18H17BrN4O3S. The number of halogens is 1. The first-order valence-corrected chi connectivity index (χ1v) is 11.0. The van der Waals surface area contributed by atoms with Gasteiger partial charge in [-0.1, -0.05) is 6.07 Å². The van der Waals surface area contributed by atoms with Crippen LogP contribution in [0.2, 0.25) is 0 Å². The fourth-order valence-corrected chi connectivity index (χ4v) is 4.20. The zero-order chi connectivity index (χ0) is 19.3. The van der Waals surface area contributed by atoms with Crippen LogP contribution in [-0.4, -0.2) is 48.8 Å². The maximum Gasteiger partial charge on any atom is 0.292 e. The van der Waals surface area contributed by atoms with E-state index >= 15 is 0 Å². The van der Waals surface area contributed by atoms with Gasteiger partial charge in [0.15, 0.2) is 15.5 Å². The Labute approximate surface area is 165 Å². The number of hydrogen-bond donors (Lipinski definition) is 0. The number of nitrogens with zero attached hydrogens (tertiary/aromatic N) is 4. The van der Waals surface area contributed by atoms with E-state index < -0.39 is 9.84 Å². The zero-order valence-electron chi connectivity index (χ0n) is 14.8. The number of fused-ring (bicyclic) bond motifs is 2. The number of carbonyl (C=O) groups is 1. The molecule has 0 atom stereocenters. The minimum absolute atomic E-state index is 0.229. The summed E-state index contributed by atoms with van der Waals surface area (Å²) in [7, 11) is -1.56. The molecule has 1 amide bonds. The van der Waals surface area contributed by atoms with Gasteiger partial charge in [0.2, 0.25) is 0 Å². The van der Waals surface area contributed by atoms with Crippen molar-refractivity contribution in [3.63, 3.8) is 0 Å². The van der Waals surface area contributed by atoms with E-state index in [0.29, 0.717) is 24.3 Å². The van der Waals surface area contributed by atoms with E-state index in [2.05, 4.69) is 21.0 Å². The van der Waals surface area contributed by atoms with Gasteiger partial charge in [0.1, 0.15) is 0 Å². The van der Waals surface area contributed by atoms with Crippen LogP contribution in [0.25, 0.3) is 5.52 Å². The summed E-state index contributed by atoms with van der Waals surface area (Å²) in [6.07, 6.45) is 3.61. The molecule has 0 bridgehead atoms. The summed E-state index contributed by atoms with van der Waals surface area (Å²) >= 11 is 3.39. The summed E-state index contributed by atoms with van der Waals surface area (Å²) in [4.78, 5) is 13.3. The number of anilines is 1. The van der Waals surface area contributed by atoms with Gasteiger partial charge in [-0.25, -0.2) is 17.9 Å². The predicted octanol–water partition coefficient (Wildman–Crippen LogP) is 2.55. The van der Waals surface area contributed by atoms with Crippen molar-refractivity contribution in [2.24, 2.45) is 0 Å². The second-order valence-electron chi connectivity index (χ2n) is 6.51. The SMILES string of the molecule is CN1c2cc(S(C)(=O)=O)ccc2CCN1C(=O)c1cc2ccc(Br)cn2n1. The van der Waals surface area contributed by atoms with Crippen LogP contribution in [0.4, 0.5) is 5.69 Å². The third-order valence-corrected chi connectivity index (χ3v) is 6.25. The summed E-state index contributed by atoms with van der Waals surface area (Å²) in [6, 6.07) is 10.5. The molecule has 7 nitrogen and oxygen atoms in total. The van der Waals surface area contributed by atoms with E-state index in [4.69, 9.17) is 0 Å². The number of aromatic nitrogens is 2. The summed E-state index contributed by atoms with van der Waals surface area (Å²) in [5.41, 5.74) is 2.88. The van der Waals surface area contributed by atoms with Gasteiger partial charge >= 0.3 is 0 Å². The van der Waals surface area contributed by atoms with E-state index in [1.807, 2.05) is 18.2 Å². The number of benzene rings is 1. The molecule has 0 unspecified atom stereocenters. The molecule has 3 heterocycles. The maximum atomic E-state index is 13.0. The largest absolute Gasteiger partial charge is 0.292 e. The number of hydrazine groups is 1. The van der Waals surface area contributed by atoms with Crippen LogP contribution in [0.5, 0.6) is 0 Å². The normalized spacial score (nSPS) is 14.5. The zero-order valence-corrected chi connectivity index (χ0v) is 17.2. The van der Waals surface area contributed by atoms with Crippen LogP contribution in [0.15, 0.2) is 52.0 Å². The fraction of sp³-hybridized carbons (Fsp3) is 0.222. The van der Waals surface area contributed by atoms with Crippen molar-refractivity contribution in [3.05, 3.63) is 58.3 Å². The van der Waals surface area contributed by atoms with Gasteiger partial charge in [0, 0.05) is 30.5 Å². The summed E-state index contributed by atoms with van der Waals surface area (Å²) in [5.74, 6) is -0.229. The van der Waals surface area contributed by atoms with E-state index in [0.717, 1.165) is 15.6 Å². The molecule has 0 saturated carbocycles. The number of amides is 1. The highest BCUT2D eigenvalue weighted by atomic mass is 79.9. The quantitative estimate of drug-likeness (QED) is 0.601. The van der Waals surface area contributed by atoms with Gasteiger partial charge in [-0.05, 0) is 58.2 Å². The molecule has 0 spiro atoms. The number of pyridine rings is 1. The molecule has 0 saturated heterocycles. The smallest absolute Gasteiger partial charge is 0.285 e. The van der Waals surface area contributed by atoms with Gasteiger partial charge < -0.3 is 0 Å². The van der Waals surface area contributed by atoms with Gasteiger partial charge in [0.25, 0.3) is 5.91 Å². The van der Waals surface area contributed by atoms with Crippen molar-refractivity contribution in [3.8, 4) is 0 Å². The minimum Gasteiger partial charge on any atom is -0.285 e. The van der Waals surface area contributed by atoms with Crippen molar-refractivity contribution in [1.29, 1.82) is 0 Å². The van der Waals surface area contributed by atoms with Crippen LogP contribution < -0.4 is 5.01 Å². The van der Waals surface area contributed by atoms with Gasteiger partial charge in [-0.3, -0.25) is 9.80 Å². The Balaban J connectivity index is 1.69. The second-order valence-corrected chi connectivity index (χ2v) is 9.44. The van der Waals surface area contributed by atoms with Crippen molar-refractivity contribution in [2.45, 2.75) is 11.3 Å². The highest BCUT2D eigenvalue weighted by molar-refractivity contribution is 9.10. The molecule has 9 heteroatoms. The summed E-state index contributed by atoms with van der Waals surface area (Å²) in [5, 5.41) is 7.66. The maximum absolute atomic E-state index is 13.0. The van der Waals surface area contributed by atoms with Gasteiger partial charge in [-0.2, -0.15) is 5.10 Å². The van der Waals surface area contributed by atoms with E-state index in [1.54, 1.807) is 46.0 Å². The molecule has 1 aliphatic heterocycles. The van der Waals surface area contributed by atoms with Crippen LogP contribution in [0, 0.1) is 0 Å². The van der Waals surface area contributed by atoms with Crippen molar-refractivity contribution in [1.82, 2.24) is 14.6 Å². The Morgan fingerprint density at radius 2 is 1.96 bits per heavy atom. The molecule has 27 heavy (non-hydrogen) atoms. The molecule has 0 aliphatic carbocycles. The van der Waals surface area contributed by atoms with Crippen LogP contribution >= 0.6 is 15.9 Å². The minimum atomic E-state index is -3.32. The lowest BCUT2D eigenvalue weighted by Crippen LogP contribution is -2.48. The van der Waals surface area contributed by atoms with Crippen LogP contribution in [0.3, 0.4) is 0 Å². The lowest BCUT2D eigenvalue weighted by Gasteiger charge is -2.38. The molecule has 140 valence electrons. The summed E-state index contributed by atoms with van der Waals surface area (Å²) in [6.45, 7) is 0.498. The van der Waals surface area contributed by atoms with E-state index in [9.17, 15) is 13.2 Å². The lowest BCUT2D eigenvalue weighted by atomic mass is 10.1. The van der Waals surface area contributed by atoms with Crippen LogP contribution in [0.1, 0.15) is 16.1 Å². The average Bonchev–Trinajstić information content (AvgIpc) is 3.03. The first-order valence-electron chi connectivity index (χ1n) is 8.27. The third kappa shape index (κ3) is 3.21. The topological polar surface area (TPSA) is 75.0 Å². The predicted molar refractivity (Wildman–Crippen MR) is 106 cm³/mol. The number of carbonyl (C=O) groups excluding carboxylic acids is 1. The molecule has 3 aromatic rings. The number of sulfone groups is 1. The Morgan fingerprint density at radius 1 is 1.19 bits per heavy atom. The molecule has 0 fully saturated rings. The molecule has 0 N–H and O–H groups in total. The first-order chi connectivity index (χ1) is 12.7. The van der Waals surface area contributed by atoms with E-state index in [-0.39, 0.29) is 10.8 Å². The standard InChI is InChI=1S/C18H17BrN4O3S/c1-21-17-10-15(27(2,25)26)6-3-12(17)7-8-23(21)18(24)16-9-14-5-4-13(19)11-22(14)20-16/h3-6,9-11H,7-8H2,1-2H3. The van der Waals surface area contributed by atoms with Crippen molar-refractivity contribution < 1.29 is 13.2 Å². The van der Waals surface area contributed by atoms with Gasteiger partial charge in [0.05, 0.1) is 16.1 Å². The monoisotopic (exact) mass is 448 g/mol. The second kappa shape index (κ2) is 6.35.